The number of quaternary nitrogens is 1. The number of halogens is 3. The average Bonchev–Trinajstić information content (AvgIpc) is 2.78. The highest BCUT2D eigenvalue weighted by Gasteiger charge is 2.46. The third-order valence-corrected chi connectivity index (χ3v) is 4.31. The van der Waals surface area contributed by atoms with Crippen LogP contribution in [0.25, 0.3) is 12.3 Å². The number of nitro benzene ring substituents is 1. The molecule has 0 bridgehead atoms. The van der Waals surface area contributed by atoms with Gasteiger partial charge in [-0.2, -0.15) is 13.2 Å². The second-order valence-electron chi connectivity index (χ2n) is 5.86. The summed E-state index contributed by atoms with van der Waals surface area (Å²) < 4.78 is 37.6. The molecule has 4 rings (SSSR count). The monoisotopic (exact) mass is 363 g/mol. The van der Waals surface area contributed by atoms with Crippen molar-refractivity contribution in [3.8, 4) is 0 Å². The normalized spacial score (nSPS) is 20.6. The molecule has 0 saturated carbocycles. The lowest BCUT2D eigenvalue weighted by molar-refractivity contribution is -0.387. The van der Waals surface area contributed by atoms with E-state index in [9.17, 15) is 33.7 Å². The number of benzene rings is 2. The lowest BCUT2D eigenvalue weighted by Gasteiger charge is -2.30. The predicted molar refractivity (Wildman–Crippen MR) is 86.2 cm³/mol. The minimum Gasteiger partial charge on any atom is -0.614 e. The number of non-ortho nitro benzene ring substituents is 1. The third-order valence-electron chi connectivity index (χ3n) is 4.31. The van der Waals surface area contributed by atoms with Crippen molar-refractivity contribution in [2.45, 2.75) is 6.18 Å². The van der Waals surface area contributed by atoms with Gasteiger partial charge < -0.3 is 10.4 Å². The Morgan fingerprint density at radius 2 is 1.81 bits per heavy atom. The Morgan fingerprint density at radius 1 is 1.08 bits per heavy atom. The lowest BCUT2D eigenvalue weighted by Crippen LogP contribution is -2.50. The van der Waals surface area contributed by atoms with Crippen LogP contribution in [0.4, 0.5) is 30.2 Å². The van der Waals surface area contributed by atoms with Gasteiger partial charge in [-0.15, -0.1) is 4.74 Å². The molecule has 0 aliphatic carbocycles. The molecule has 0 N–H and O–H groups in total. The molecule has 2 aromatic rings. The molecular weight excluding hydrogens is 355 g/mol. The first-order valence-corrected chi connectivity index (χ1v) is 7.27. The minimum atomic E-state index is -4.57. The van der Waals surface area contributed by atoms with Gasteiger partial charge in [-0.05, 0) is 17.4 Å². The Kier molecular flexibility index (Phi) is 3.06. The molecule has 2 aromatic carbocycles. The van der Waals surface area contributed by atoms with E-state index in [1.807, 2.05) is 0 Å². The molecule has 7 nitrogen and oxygen atoms in total. The van der Waals surface area contributed by atoms with Crippen LogP contribution in [0, 0.1) is 20.5 Å². The van der Waals surface area contributed by atoms with Crippen LogP contribution in [0.1, 0.15) is 5.56 Å². The topological polar surface area (TPSA) is 92.3 Å². The van der Waals surface area contributed by atoms with Crippen molar-refractivity contribution in [3.63, 3.8) is 0 Å². The molecule has 0 aromatic heterocycles. The van der Waals surface area contributed by atoms with Gasteiger partial charge in [-0.3, -0.25) is 10.1 Å². The zero-order chi connectivity index (χ0) is 18.9. The van der Waals surface area contributed by atoms with Crippen molar-refractivity contribution in [1.82, 2.24) is 4.65 Å². The van der Waals surface area contributed by atoms with Gasteiger partial charge in [-0.25, -0.2) is 4.65 Å². The first-order chi connectivity index (χ1) is 12.1. The number of hydrogen-bond donors (Lipinski definition) is 0. The number of nitro groups is 1. The van der Waals surface area contributed by atoms with Crippen molar-refractivity contribution >= 4 is 35.2 Å². The number of amidine groups is 1. The Labute approximate surface area is 142 Å². The Morgan fingerprint density at radius 3 is 2.46 bits per heavy atom. The number of rotatable bonds is 1. The SMILES string of the molecule is O=[N+]([O-])c1ccc2c(c1)[N+]([O-])=C1C=c3ccc(C(F)(F)F)cc3=C[N+]12[O-]. The molecule has 26 heavy (non-hydrogen) atoms. The standard InChI is InChI=1S/C16H8F3N3O4/c17-16(18,19)11-2-1-9-6-15-20(23)13-7-12(21(24)25)3-4-14(13)22(15,26)8-10(9)5-11/h1-8H. The van der Waals surface area contributed by atoms with E-state index in [1.165, 1.54) is 12.1 Å². The van der Waals surface area contributed by atoms with Crippen LogP contribution >= 0.6 is 0 Å². The van der Waals surface area contributed by atoms with Crippen LogP contribution in [-0.2, 0) is 6.18 Å². The Bertz CT molecular complexity index is 1140. The van der Waals surface area contributed by atoms with Crippen molar-refractivity contribution in [3.05, 3.63) is 72.9 Å². The summed E-state index contributed by atoms with van der Waals surface area (Å²) in [5.74, 6) is -0.298. The summed E-state index contributed by atoms with van der Waals surface area (Å²) >= 11 is 0. The zero-order valence-corrected chi connectivity index (χ0v) is 12.7. The number of fused-ring (bicyclic) bond motifs is 4. The highest BCUT2D eigenvalue weighted by molar-refractivity contribution is 6.19. The third kappa shape index (κ3) is 2.13. The fraction of sp³-hybridized carbons (Fsp3) is 0.0625. The van der Waals surface area contributed by atoms with E-state index < -0.39 is 21.3 Å². The van der Waals surface area contributed by atoms with Gasteiger partial charge in [0.2, 0.25) is 5.69 Å². The molecule has 0 spiro atoms. The van der Waals surface area contributed by atoms with Crippen LogP contribution in [0.5, 0.6) is 0 Å². The number of nitrogens with zero attached hydrogens (tertiary/aromatic N) is 3. The molecule has 2 heterocycles. The molecule has 1 atom stereocenters. The van der Waals surface area contributed by atoms with E-state index in [4.69, 9.17) is 0 Å². The number of hydrogen-bond acceptors (Lipinski definition) is 4. The van der Waals surface area contributed by atoms with Crippen LogP contribution < -0.4 is 15.1 Å². The fourth-order valence-electron chi connectivity index (χ4n) is 3.07. The zero-order valence-electron chi connectivity index (χ0n) is 12.7. The van der Waals surface area contributed by atoms with Gasteiger partial charge >= 0.3 is 12.0 Å². The molecule has 0 saturated heterocycles. The van der Waals surface area contributed by atoms with E-state index in [1.54, 1.807) is 0 Å². The number of hydroxylamine groups is 2. The summed E-state index contributed by atoms with van der Waals surface area (Å²) in [5.41, 5.74) is -1.59. The lowest BCUT2D eigenvalue weighted by atomic mass is 10.1. The van der Waals surface area contributed by atoms with Crippen molar-refractivity contribution in [1.29, 1.82) is 0 Å². The van der Waals surface area contributed by atoms with Crippen molar-refractivity contribution in [2.24, 2.45) is 0 Å². The summed E-state index contributed by atoms with van der Waals surface area (Å²) in [6, 6.07) is 6.05. The highest BCUT2D eigenvalue weighted by atomic mass is 19.4. The van der Waals surface area contributed by atoms with Crippen molar-refractivity contribution < 1.29 is 22.8 Å². The largest absolute Gasteiger partial charge is 0.614 e. The first-order valence-electron chi connectivity index (χ1n) is 7.27. The first kappa shape index (κ1) is 16.2. The van der Waals surface area contributed by atoms with Gasteiger partial charge in [0, 0.05) is 17.4 Å². The predicted octanol–water partition coefficient (Wildman–Crippen LogP) is 2.20. The van der Waals surface area contributed by atoms with Crippen LogP contribution in [0.3, 0.4) is 0 Å². The van der Waals surface area contributed by atoms with Crippen LogP contribution in [0.2, 0.25) is 0 Å². The second kappa shape index (κ2) is 4.90. The molecule has 2 aliphatic rings. The van der Waals surface area contributed by atoms with Crippen LogP contribution in [0.15, 0.2) is 36.4 Å². The molecule has 0 fully saturated rings. The molecule has 1 unspecified atom stereocenters. The highest BCUT2D eigenvalue weighted by Crippen LogP contribution is 2.42. The maximum atomic E-state index is 13.2. The van der Waals surface area contributed by atoms with E-state index >= 15 is 0 Å². The molecule has 0 radical (unpaired) electrons. The van der Waals surface area contributed by atoms with Gasteiger partial charge in [0.25, 0.3) is 11.4 Å². The van der Waals surface area contributed by atoms with Crippen LogP contribution in [-0.4, -0.2) is 15.5 Å². The van der Waals surface area contributed by atoms with Crippen molar-refractivity contribution in [2.75, 3.05) is 0 Å². The molecule has 132 valence electrons. The van der Waals surface area contributed by atoms with E-state index in [-0.39, 0.29) is 38.1 Å². The maximum absolute atomic E-state index is 13.2. The molecule has 2 aliphatic heterocycles. The minimum absolute atomic E-state index is 0.0261. The summed E-state index contributed by atoms with van der Waals surface area (Å²) in [5, 5.41) is 36.9. The Hall–Kier alpha value is -3.24. The summed E-state index contributed by atoms with van der Waals surface area (Å²) in [7, 11) is 0. The van der Waals surface area contributed by atoms with Gasteiger partial charge in [0.1, 0.15) is 6.20 Å². The van der Waals surface area contributed by atoms with E-state index in [2.05, 4.69) is 0 Å². The fourth-order valence-corrected chi connectivity index (χ4v) is 3.07. The Balaban J connectivity index is 1.99. The summed E-state index contributed by atoms with van der Waals surface area (Å²) in [6.45, 7) is 0. The van der Waals surface area contributed by atoms with E-state index in [0.29, 0.717) is 0 Å². The van der Waals surface area contributed by atoms with Gasteiger partial charge in [-0.1, -0.05) is 6.07 Å². The maximum Gasteiger partial charge on any atom is 0.416 e. The molecule has 0 amide bonds. The molecule has 10 heteroatoms. The van der Waals surface area contributed by atoms with Gasteiger partial charge in [0.05, 0.1) is 22.6 Å². The summed E-state index contributed by atoms with van der Waals surface area (Å²) in [6.07, 6.45) is -2.39. The quantitative estimate of drug-likeness (QED) is 0.255. The number of alkyl halides is 3. The van der Waals surface area contributed by atoms with E-state index in [0.717, 1.165) is 36.5 Å². The second-order valence-corrected chi connectivity index (χ2v) is 5.86. The average molecular weight is 363 g/mol. The smallest absolute Gasteiger partial charge is 0.416 e. The van der Waals surface area contributed by atoms with Gasteiger partial charge in [0.15, 0.2) is 0 Å². The molecular formula is C16H8F3N3O4. The summed E-state index contributed by atoms with van der Waals surface area (Å²) in [4.78, 5) is 10.2.